The van der Waals surface area contributed by atoms with Gasteiger partial charge in [-0.1, -0.05) is 61.5 Å². The Hall–Kier alpha value is -2.13. The Morgan fingerprint density at radius 2 is 1.67 bits per heavy atom. The van der Waals surface area contributed by atoms with E-state index < -0.39 is 0 Å². The van der Waals surface area contributed by atoms with Crippen LogP contribution in [0.4, 0.5) is 0 Å². The lowest BCUT2D eigenvalue weighted by Crippen LogP contribution is -2.09. The molecule has 0 saturated heterocycles. The molecule has 3 heteroatoms. The normalized spacial score (nSPS) is 22.2. The van der Waals surface area contributed by atoms with Crippen molar-refractivity contribution in [2.24, 2.45) is 17.8 Å². The van der Waals surface area contributed by atoms with Crippen LogP contribution in [-0.2, 0) is 20.9 Å². The lowest BCUT2D eigenvalue weighted by atomic mass is 10.0. The van der Waals surface area contributed by atoms with Crippen LogP contribution in [0.15, 0.2) is 54.6 Å². The van der Waals surface area contributed by atoms with E-state index in [0.717, 1.165) is 5.56 Å². The van der Waals surface area contributed by atoms with Crippen LogP contribution < -0.4 is 0 Å². The number of rotatable bonds is 7. The van der Waals surface area contributed by atoms with Crippen molar-refractivity contribution in [2.75, 3.05) is 13.2 Å². The Morgan fingerprint density at radius 1 is 1.00 bits per heavy atom. The highest BCUT2D eigenvalue weighted by molar-refractivity contribution is 5.76. The molecular formula is C21H24O3. The van der Waals surface area contributed by atoms with E-state index in [1.807, 2.05) is 25.1 Å². The molecule has 126 valence electrons. The fourth-order valence-electron chi connectivity index (χ4n) is 3.17. The van der Waals surface area contributed by atoms with Crippen molar-refractivity contribution in [2.45, 2.75) is 20.5 Å². The molecule has 0 aromatic heterocycles. The maximum atomic E-state index is 11.8. The van der Waals surface area contributed by atoms with E-state index in [9.17, 15) is 4.79 Å². The van der Waals surface area contributed by atoms with Gasteiger partial charge in [0.25, 0.3) is 0 Å². The van der Waals surface area contributed by atoms with Gasteiger partial charge >= 0.3 is 5.97 Å². The van der Waals surface area contributed by atoms with Crippen LogP contribution in [0.3, 0.4) is 0 Å². The van der Waals surface area contributed by atoms with E-state index in [1.165, 1.54) is 11.1 Å². The highest BCUT2D eigenvalue weighted by Crippen LogP contribution is 2.46. The topological polar surface area (TPSA) is 35.5 Å². The number of hydrogen-bond donors (Lipinski definition) is 0. The van der Waals surface area contributed by atoms with Crippen LogP contribution >= 0.6 is 0 Å². The summed E-state index contributed by atoms with van der Waals surface area (Å²) in [5, 5.41) is 0. The molecule has 3 rings (SSSR count). The zero-order valence-corrected chi connectivity index (χ0v) is 14.3. The fourth-order valence-corrected chi connectivity index (χ4v) is 3.17. The zero-order chi connectivity index (χ0) is 16.9. The summed E-state index contributed by atoms with van der Waals surface area (Å²) in [5.74, 6) is 0.605. The quantitative estimate of drug-likeness (QED) is 0.712. The second-order valence-electron chi connectivity index (χ2n) is 6.38. The van der Waals surface area contributed by atoms with Crippen molar-refractivity contribution in [1.82, 2.24) is 0 Å². The average Bonchev–Trinajstić information content (AvgIpc) is 3.26. The predicted octanol–water partition coefficient (Wildman–Crippen LogP) is 4.32. The number of carbonyl (C=O) groups excluding carboxylic acids is 1. The van der Waals surface area contributed by atoms with Gasteiger partial charge in [-0.05, 0) is 35.4 Å². The Morgan fingerprint density at radius 3 is 2.33 bits per heavy atom. The molecule has 3 unspecified atom stereocenters. The lowest BCUT2D eigenvalue weighted by molar-refractivity contribution is -0.145. The first kappa shape index (κ1) is 16.7. The number of ether oxygens (including phenoxy) is 2. The Balaban J connectivity index is 1.47. The summed E-state index contributed by atoms with van der Waals surface area (Å²) in [5.41, 5.74) is 3.57. The minimum atomic E-state index is -0.0779. The van der Waals surface area contributed by atoms with Gasteiger partial charge in [-0.15, -0.1) is 0 Å². The summed E-state index contributed by atoms with van der Waals surface area (Å²) in [7, 11) is 0. The van der Waals surface area contributed by atoms with Gasteiger partial charge in [0.15, 0.2) is 0 Å². The van der Waals surface area contributed by atoms with E-state index in [1.54, 1.807) is 0 Å². The average molecular weight is 324 g/mol. The molecule has 0 spiro atoms. The van der Waals surface area contributed by atoms with Gasteiger partial charge in [0.05, 0.1) is 25.7 Å². The third-order valence-corrected chi connectivity index (χ3v) is 4.76. The third kappa shape index (κ3) is 3.85. The Bertz CT molecular complexity index is 663. The molecule has 0 amide bonds. The number of carbonyl (C=O) groups is 1. The van der Waals surface area contributed by atoms with Gasteiger partial charge in [-0.2, -0.15) is 0 Å². The van der Waals surface area contributed by atoms with Crippen molar-refractivity contribution < 1.29 is 14.3 Å². The molecule has 1 saturated carbocycles. The van der Waals surface area contributed by atoms with E-state index in [4.69, 9.17) is 9.47 Å². The minimum Gasteiger partial charge on any atom is -0.466 e. The van der Waals surface area contributed by atoms with Crippen molar-refractivity contribution in [3.63, 3.8) is 0 Å². The maximum absolute atomic E-state index is 11.8. The van der Waals surface area contributed by atoms with E-state index in [-0.39, 0.29) is 11.9 Å². The predicted molar refractivity (Wildman–Crippen MR) is 94.3 cm³/mol. The molecule has 1 aliphatic carbocycles. The third-order valence-electron chi connectivity index (χ3n) is 4.76. The SMILES string of the molecule is CCOC(=O)C1C(C)C1COCc1ccc(-c2ccccc2)cc1. The summed E-state index contributed by atoms with van der Waals surface area (Å²) >= 11 is 0. The molecule has 2 aromatic carbocycles. The Labute approximate surface area is 143 Å². The van der Waals surface area contributed by atoms with E-state index >= 15 is 0 Å². The summed E-state index contributed by atoms with van der Waals surface area (Å²) in [6.45, 7) is 5.57. The smallest absolute Gasteiger partial charge is 0.309 e. The molecule has 2 aromatic rings. The summed E-state index contributed by atoms with van der Waals surface area (Å²) in [4.78, 5) is 11.8. The van der Waals surface area contributed by atoms with Crippen molar-refractivity contribution in [1.29, 1.82) is 0 Å². The molecule has 0 radical (unpaired) electrons. The van der Waals surface area contributed by atoms with Gasteiger partial charge in [-0.25, -0.2) is 0 Å². The second-order valence-corrected chi connectivity index (χ2v) is 6.38. The lowest BCUT2D eigenvalue weighted by Gasteiger charge is -2.06. The molecule has 0 heterocycles. The van der Waals surface area contributed by atoms with Crippen LogP contribution in [0.5, 0.6) is 0 Å². The molecule has 24 heavy (non-hydrogen) atoms. The highest BCUT2D eigenvalue weighted by Gasteiger charge is 2.52. The highest BCUT2D eigenvalue weighted by atomic mass is 16.5. The fraction of sp³-hybridized carbons (Fsp3) is 0.381. The molecule has 3 nitrogen and oxygen atoms in total. The van der Waals surface area contributed by atoms with Crippen molar-refractivity contribution in [3.05, 3.63) is 60.2 Å². The Kier molecular flexibility index (Phi) is 5.31. The molecular weight excluding hydrogens is 300 g/mol. The van der Waals surface area contributed by atoms with Crippen molar-refractivity contribution in [3.8, 4) is 11.1 Å². The molecule has 0 aliphatic heterocycles. The number of hydrogen-bond acceptors (Lipinski definition) is 3. The number of esters is 1. The molecule has 1 fully saturated rings. The van der Waals surface area contributed by atoms with Crippen LogP contribution in [-0.4, -0.2) is 19.2 Å². The van der Waals surface area contributed by atoms with Crippen LogP contribution in [0.25, 0.3) is 11.1 Å². The summed E-state index contributed by atoms with van der Waals surface area (Å²) in [6.07, 6.45) is 0. The van der Waals surface area contributed by atoms with Crippen LogP contribution in [0.1, 0.15) is 19.4 Å². The summed E-state index contributed by atoms with van der Waals surface area (Å²) < 4.78 is 10.9. The van der Waals surface area contributed by atoms with Gasteiger partial charge < -0.3 is 9.47 Å². The maximum Gasteiger partial charge on any atom is 0.309 e. The second kappa shape index (κ2) is 7.63. The molecule has 3 atom stereocenters. The van der Waals surface area contributed by atoms with Gasteiger partial charge in [-0.3, -0.25) is 4.79 Å². The zero-order valence-electron chi connectivity index (χ0n) is 14.3. The van der Waals surface area contributed by atoms with Crippen LogP contribution in [0, 0.1) is 17.8 Å². The standard InChI is InChI=1S/C21H24O3/c1-3-24-21(22)20-15(2)19(20)14-23-13-16-9-11-18(12-10-16)17-7-5-4-6-8-17/h4-12,15,19-20H,3,13-14H2,1-2H3. The largest absolute Gasteiger partial charge is 0.466 e. The van der Waals surface area contributed by atoms with E-state index in [2.05, 4.69) is 43.3 Å². The first-order valence-corrected chi connectivity index (χ1v) is 8.59. The molecule has 0 bridgehead atoms. The summed E-state index contributed by atoms with van der Waals surface area (Å²) in [6, 6.07) is 18.8. The van der Waals surface area contributed by atoms with E-state index in [0.29, 0.717) is 31.7 Å². The monoisotopic (exact) mass is 324 g/mol. The molecule has 1 aliphatic rings. The number of benzene rings is 2. The molecule has 0 N–H and O–H groups in total. The van der Waals surface area contributed by atoms with Gasteiger partial charge in [0, 0.05) is 0 Å². The van der Waals surface area contributed by atoms with Crippen molar-refractivity contribution >= 4 is 5.97 Å². The first-order valence-electron chi connectivity index (χ1n) is 8.59. The van der Waals surface area contributed by atoms with Crippen LogP contribution in [0.2, 0.25) is 0 Å². The van der Waals surface area contributed by atoms with Gasteiger partial charge in [0.1, 0.15) is 0 Å². The first-order chi connectivity index (χ1) is 11.7. The minimum absolute atomic E-state index is 0.0189. The van der Waals surface area contributed by atoms with Gasteiger partial charge in [0.2, 0.25) is 0 Å².